The van der Waals surface area contributed by atoms with Gasteiger partial charge in [-0.3, -0.25) is 4.79 Å². The molecule has 0 bridgehead atoms. The lowest BCUT2D eigenvalue weighted by Crippen LogP contribution is -2.45. The molecule has 1 amide bonds. The van der Waals surface area contributed by atoms with Crippen LogP contribution in [0.25, 0.3) is 0 Å². The van der Waals surface area contributed by atoms with Gasteiger partial charge >= 0.3 is 0 Å². The molecule has 1 aliphatic rings. The summed E-state index contributed by atoms with van der Waals surface area (Å²) in [5.41, 5.74) is 5.59. The topological polar surface area (TPSA) is 55.1 Å². The first-order valence-corrected chi connectivity index (χ1v) is 5.85. The molecule has 1 saturated carbocycles. The van der Waals surface area contributed by atoms with Gasteiger partial charge in [0.25, 0.3) is 5.91 Å². The summed E-state index contributed by atoms with van der Waals surface area (Å²) in [6.07, 6.45) is 2.00. The average Bonchev–Trinajstić information content (AvgIpc) is 3.09. The number of nitrogens with one attached hydrogen (secondary N) is 1. The van der Waals surface area contributed by atoms with E-state index in [1.807, 2.05) is 0 Å². The molecular weight excluding hydrogens is 239 g/mol. The number of hydrogen-bond donors (Lipinski definition) is 2. The molecule has 1 unspecified atom stereocenters. The van der Waals surface area contributed by atoms with Crippen molar-refractivity contribution < 1.29 is 9.18 Å². The Morgan fingerprint density at radius 1 is 1.47 bits per heavy atom. The van der Waals surface area contributed by atoms with Crippen LogP contribution in [-0.4, -0.2) is 16.9 Å². The molecule has 5 heteroatoms. The minimum absolute atomic E-state index is 0.0226. The number of amides is 1. The lowest BCUT2D eigenvalue weighted by atomic mass is 10.1. The van der Waals surface area contributed by atoms with Gasteiger partial charge in [0.15, 0.2) is 0 Å². The van der Waals surface area contributed by atoms with E-state index in [1.165, 1.54) is 18.2 Å². The largest absolute Gasteiger partial charge is 0.392 e. The molecule has 0 spiro atoms. The van der Waals surface area contributed by atoms with Gasteiger partial charge in [-0.15, -0.1) is 0 Å². The van der Waals surface area contributed by atoms with Crippen molar-refractivity contribution in [2.45, 2.75) is 18.9 Å². The van der Waals surface area contributed by atoms with Crippen molar-refractivity contribution in [3.8, 4) is 0 Å². The van der Waals surface area contributed by atoms with Crippen molar-refractivity contribution in [1.82, 2.24) is 5.32 Å². The summed E-state index contributed by atoms with van der Waals surface area (Å²) in [4.78, 5) is 12.1. The molecule has 1 aromatic carbocycles. The van der Waals surface area contributed by atoms with Crippen molar-refractivity contribution in [1.29, 1.82) is 0 Å². The van der Waals surface area contributed by atoms with Gasteiger partial charge in [0, 0.05) is 0 Å². The smallest absolute Gasteiger partial charge is 0.254 e. The van der Waals surface area contributed by atoms with Crippen molar-refractivity contribution in [2.24, 2.45) is 11.7 Å². The molecule has 1 atom stereocenters. The average molecular weight is 252 g/mol. The molecule has 1 aromatic rings. The van der Waals surface area contributed by atoms with Crippen LogP contribution >= 0.6 is 12.2 Å². The summed E-state index contributed by atoms with van der Waals surface area (Å²) in [6, 6.07) is 5.52. The monoisotopic (exact) mass is 252 g/mol. The molecule has 0 heterocycles. The number of rotatable bonds is 4. The number of nitrogens with two attached hydrogens (primary N) is 1. The van der Waals surface area contributed by atoms with Gasteiger partial charge < -0.3 is 11.1 Å². The zero-order chi connectivity index (χ0) is 12.4. The Kier molecular flexibility index (Phi) is 3.38. The van der Waals surface area contributed by atoms with Gasteiger partial charge in [-0.2, -0.15) is 0 Å². The first-order chi connectivity index (χ1) is 8.09. The van der Waals surface area contributed by atoms with Crippen LogP contribution in [0.5, 0.6) is 0 Å². The lowest BCUT2D eigenvalue weighted by molar-refractivity contribution is 0.0940. The van der Waals surface area contributed by atoms with Gasteiger partial charge in [0.05, 0.1) is 16.6 Å². The molecule has 2 rings (SSSR count). The Bertz CT molecular complexity index is 460. The molecule has 0 radical (unpaired) electrons. The molecule has 17 heavy (non-hydrogen) atoms. The number of halogens is 1. The zero-order valence-electron chi connectivity index (χ0n) is 9.15. The van der Waals surface area contributed by atoms with Gasteiger partial charge in [-0.1, -0.05) is 24.4 Å². The standard InChI is InChI=1S/C12H13FN2OS/c13-9-4-2-1-3-8(9)12(16)15-10(11(14)17)7-5-6-7/h1-4,7,10H,5-6H2,(H2,14,17)(H,15,16). The normalized spacial score (nSPS) is 16.3. The highest BCUT2D eigenvalue weighted by Gasteiger charge is 2.34. The summed E-state index contributed by atoms with van der Waals surface area (Å²) < 4.78 is 13.4. The van der Waals surface area contributed by atoms with Gasteiger partial charge in [-0.25, -0.2) is 4.39 Å². The third kappa shape index (κ3) is 2.79. The second-order valence-electron chi connectivity index (χ2n) is 4.17. The van der Waals surface area contributed by atoms with E-state index in [2.05, 4.69) is 5.32 Å². The van der Waals surface area contributed by atoms with E-state index in [9.17, 15) is 9.18 Å². The van der Waals surface area contributed by atoms with Crippen LogP contribution in [0.2, 0.25) is 0 Å². The fourth-order valence-electron chi connectivity index (χ4n) is 1.72. The number of thiocarbonyl (C=S) groups is 1. The second-order valence-corrected chi connectivity index (χ2v) is 4.64. The summed E-state index contributed by atoms with van der Waals surface area (Å²) >= 11 is 4.90. The summed E-state index contributed by atoms with van der Waals surface area (Å²) in [7, 11) is 0. The predicted molar refractivity (Wildman–Crippen MR) is 67.2 cm³/mol. The Balaban J connectivity index is 2.10. The minimum atomic E-state index is -0.539. The number of benzene rings is 1. The first-order valence-electron chi connectivity index (χ1n) is 5.44. The van der Waals surface area contributed by atoms with E-state index in [-0.39, 0.29) is 16.6 Å². The van der Waals surface area contributed by atoms with Crippen LogP contribution < -0.4 is 11.1 Å². The third-order valence-corrected chi connectivity index (χ3v) is 3.06. The lowest BCUT2D eigenvalue weighted by Gasteiger charge is -2.16. The van der Waals surface area contributed by atoms with E-state index in [1.54, 1.807) is 6.07 Å². The van der Waals surface area contributed by atoms with E-state index in [4.69, 9.17) is 18.0 Å². The first kappa shape index (κ1) is 12.0. The summed E-state index contributed by atoms with van der Waals surface area (Å²) in [6.45, 7) is 0. The van der Waals surface area contributed by atoms with Crippen LogP contribution in [0, 0.1) is 11.7 Å². The highest BCUT2D eigenvalue weighted by molar-refractivity contribution is 7.80. The van der Waals surface area contributed by atoms with Gasteiger partial charge in [0.1, 0.15) is 5.82 Å². The van der Waals surface area contributed by atoms with Crippen molar-refractivity contribution >= 4 is 23.1 Å². The van der Waals surface area contributed by atoms with E-state index in [0.717, 1.165) is 12.8 Å². The van der Waals surface area contributed by atoms with Crippen molar-refractivity contribution in [3.63, 3.8) is 0 Å². The SMILES string of the molecule is NC(=S)C(NC(=O)c1ccccc1F)C1CC1. The maximum Gasteiger partial charge on any atom is 0.254 e. The minimum Gasteiger partial charge on any atom is -0.392 e. The highest BCUT2D eigenvalue weighted by atomic mass is 32.1. The van der Waals surface area contributed by atoms with Crippen molar-refractivity contribution in [3.05, 3.63) is 35.6 Å². The molecular formula is C12H13FN2OS. The van der Waals surface area contributed by atoms with Crippen LogP contribution in [0.3, 0.4) is 0 Å². The van der Waals surface area contributed by atoms with E-state index in [0.29, 0.717) is 5.92 Å². The summed E-state index contributed by atoms with van der Waals surface area (Å²) in [5.74, 6) is -0.696. The van der Waals surface area contributed by atoms with Crippen LogP contribution in [0.4, 0.5) is 4.39 Å². The molecule has 1 aliphatic carbocycles. The van der Waals surface area contributed by atoms with Crippen LogP contribution in [0.1, 0.15) is 23.2 Å². The number of carbonyl (C=O) groups excluding carboxylic acids is 1. The Hall–Kier alpha value is -1.49. The van der Waals surface area contributed by atoms with E-state index < -0.39 is 11.7 Å². The molecule has 1 fully saturated rings. The molecule has 3 N–H and O–H groups in total. The highest BCUT2D eigenvalue weighted by Crippen LogP contribution is 2.32. The predicted octanol–water partition coefficient (Wildman–Crippen LogP) is 1.62. The van der Waals surface area contributed by atoms with Crippen LogP contribution in [-0.2, 0) is 0 Å². The fraction of sp³-hybridized carbons (Fsp3) is 0.333. The molecule has 0 aromatic heterocycles. The molecule has 90 valence electrons. The maximum absolute atomic E-state index is 13.4. The summed E-state index contributed by atoms with van der Waals surface area (Å²) in [5, 5.41) is 2.69. The molecule has 0 aliphatic heterocycles. The Morgan fingerprint density at radius 3 is 2.65 bits per heavy atom. The van der Waals surface area contributed by atoms with E-state index >= 15 is 0 Å². The molecule has 3 nitrogen and oxygen atoms in total. The Labute approximate surface area is 104 Å². The fourth-order valence-corrected chi connectivity index (χ4v) is 1.97. The van der Waals surface area contributed by atoms with Gasteiger partial charge in [-0.05, 0) is 30.9 Å². The molecule has 0 saturated heterocycles. The second kappa shape index (κ2) is 4.79. The van der Waals surface area contributed by atoms with Crippen molar-refractivity contribution in [2.75, 3.05) is 0 Å². The zero-order valence-corrected chi connectivity index (χ0v) is 9.97. The maximum atomic E-state index is 13.4. The Morgan fingerprint density at radius 2 is 2.12 bits per heavy atom. The van der Waals surface area contributed by atoms with Crippen LogP contribution in [0.15, 0.2) is 24.3 Å². The number of carbonyl (C=O) groups is 1. The quantitative estimate of drug-likeness (QED) is 0.801. The third-order valence-electron chi connectivity index (χ3n) is 2.81. The number of hydrogen-bond acceptors (Lipinski definition) is 2. The van der Waals surface area contributed by atoms with Gasteiger partial charge in [0.2, 0.25) is 0 Å².